The first-order valence-corrected chi connectivity index (χ1v) is 10.5. The number of carbonyl (C=O) groups excluding carboxylic acids is 2. The van der Waals surface area contributed by atoms with E-state index in [9.17, 15) is 18.8 Å². The van der Waals surface area contributed by atoms with Crippen LogP contribution < -0.4 is 10.9 Å². The van der Waals surface area contributed by atoms with E-state index < -0.39 is 17.3 Å². The molecule has 1 aliphatic heterocycles. The molecule has 2 aromatic carbocycles. The van der Waals surface area contributed by atoms with Gasteiger partial charge in [-0.05, 0) is 43.5 Å². The lowest BCUT2D eigenvalue weighted by atomic mass is 10.0. The molecule has 0 atom stereocenters. The van der Waals surface area contributed by atoms with Crippen LogP contribution in [0.4, 0.5) is 10.1 Å². The van der Waals surface area contributed by atoms with E-state index in [0.717, 1.165) is 25.3 Å². The minimum atomic E-state index is -0.666. The van der Waals surface area contributed by atoms with Crippen molar-refractivity contribution in [1.29, 1.82) is 0 Å². The zero-order valence-corrected chi connectivity index (χ0v) is 17.5. The minimum Gasteiger partial charge on any atom is -0.339 e. The Morgan fingerprint density at radius 2 is 1.77 bits per heavy atom. The molecule has 6 nitrogen and oxygen atoms in total. The summed E-state index contributed by atoms with van der Waals surface area (Å²) < 4.78 is 15.3. The van der Waals surface area contributed by atoms with Gasteiger partial charge in [0.25, 0.3) is 11.5 Å². The van der Waals surface area contributed by atoms with Crippen LogP contribution in [0.5, 0.6) is 0 Å². The van der Waals surface area contributed by atoms with Gasteiger partial charge in [0.05, 0.1) is 16.8 Å². The number of nitrogens with zero attached hydrogens (tertiary/aromatic N) is 2. The molecule has 0 radical (unpaired) electrons. The lowest BCUT2D eigenvalue weighted by molar-refractivity contribution is -0.116. The van der Waals surface area contributed by atoms with Gasteiger partial charge in [0.2, 0.25) is 5.91 Å². The Balaban J connectivity index is 1.66. The van der Waals surface area contributed by atoms with Gasteiger partial charge in [-0.15, -0.1) is 0 Å². The van der Waals surface area contributed by atoms with Gasteiger partial charge in [-0.1, -0.05) is 29.8 Å². The fraction of sp³-hybridized carbons (Fsp3) is 0.261. The highest BCUT2D eigenvalue weighted by Crippen LogP contribution is 2.22. The third-order valence-corrected chi connectivity index (χ3v) is 5.63. The van der Waals surface area contributed by atoms with Crippen LogP contribution in [0, 0.1) is 5.82 Å². The number of nitrogens with one attached hydrogen (secondary N) is 1. The lowest BCUT2D eigenvalue weighted by Crippen LogP contribution is -2.37. The molecule has 1 saturated heterocycles. The molecule has 0 saturated carbocycles. The molecule has 0 aliphatic carbocycles. The van der Waals surface area contributed by atoms with Crippen molar-refractivity contribution >= 4 is 40.0 Å². The summed E-state index contributed by atoms with van der Waals surface area (Å²) in [5.41, 5.74) is 0.319. The molecule has 8 heteroatoms. The molecule has 2 amide bonds. The number of benzene rings is 2. The zero-order valence-electron chi connectivity index (χ0n) is 16.7. The van der Waals surface area contributed by atoms with Crippen LogP contribution in [0.15, 0.2) is 53.3 Å². The van der Waals surface area contributed by atoms with Crippen molar-refractivity contribution < 1.29 is 14.0 Å². The molecule has 1 N–H and O–H groups in total. The summed E-state index contributed by atoms with van der Waals surface area (Å²) in [7, 11) is 0. The number of halogens is 2. The van der Waals surface area contributed by atoms with E-state index in [1.165, 1.54) is 22.8 Å². The number of piperidine rings is 1. The predicted molar refractivity (Wildman–Crippen MR) is 118 cm³/mol. The second kappa shape index (κ2) is 8.89. The average molecular weight is 442 g/mol. The van der Waals surface area contributed by atoms with Crippen LogP contribution in [-0.2, 0) is 11.3 Å². The highest BCUT2D eigenvalue weighted by atomic mass is 35.5. The van der Waals surface area contributed by atoms with Crippen molar-refractivity contribution in [3.8, 4) is 0 Å². The van der Waals surface area contributed by atoms with E-state index in [2.05, 4.69) is 5.32 Å². The Hall–Kier alpha value is -3.19. The SMILES string of the molecule is O=C(Cn1c(=O)cc(C(=O)N2CCCCC2)c2ccccc21)Nc1ccc(Cl)cc1F. The number of pyridine rings is 1. The lowest BCUT2D eigenvalue weighted by Gasteiger charge is -2.27. The molecule has 0 spiro atoms. The molecule has 1 fully saturated rings. The molecule has 0 unspecified atom stereocenters. The monoisotopic (exact) mass is 441 g/mol. The molecule has 160 valence electrons. The fourth-order valence-corrected chi connectivity index (χ4v) is 4.02. The van der Waals surface area contributed by atoms with Gasteiger partial charge in [0, 0.05) is 29.6 Å². The first-order chi connectivity index (χ1) is 14.9. The maximum absolute atomic E-state index is 14.0. The van der Waals surface area contributed by atoms with Crippen molar-refractivity contribution in [3.05, 3.63) is 75.3 Å². The number of hydrogen-bond donors (Lipinski definition) is 1. The maximum Gasteiger partial charge on any atom is 0.254 e. The molecule has 1 aliphatic rings. The van der Waals surface area contributed by atoms with E-state index in [-0.39, 0.29) is 23.2 Å². The van der Waals surface area contributed by atoms with E-state index in [1.54, 1.807) is 29.2 Å². The molecule has 4 rings (SSSR count). The quantitative estimate of drug-likeness (QED) is 0.663. The van der Waals surface area contributed by atoms with E-state index in [0.29, 0.717) is 29.6 Å². The Bertz CT molecular complexity index is 1220. The summed E-state index contributed by atoms with van der Waals surface area (Å²) in [6.45, 7) is 1.02. The van der Waals surface area contributed by atoms with E-state index in [1.807, 2.05) is 0 Å². The third-order valence-electron chi connectivity index (χ3n) is 5.40. The van der Waals surface area contributed by atoms with Gasteiger partial charge in [0.15, 0.2) is 0 Å². The van der Waals surface area contributed by atoms with Gasteiger partial charge in [-0.3, -0.25) is 19.0 Å². The van der Waals surface area contributed by atoms with Crippen LogP contribution in [0.2, 0.25) is 5.02 Å². The summed E-state index contributed by atoms with van der Waals surface area (Å²) in [5, 5.41) is 3.27. The van der Waals surface area contributed by atoms with Crippen LogP contribution in [0.1, 0.15) is 29.6 Å². The number of aromatic nitrogens is 1. The normalized spacial score (nSPS) is 13.9. The van der Waals surface area contributed by atoms with Crippen molar-refractivity contribution in [2.75, 3.05) is 18.4 Å². The largest absolute Gasteiger partial charge is 0.339 e. The molecule has 31 heavy (non-hydrogen) atoms. The number of hydrogen-bond acceptors (Lipinski definition) is 3. The topological polar surface area (TPSA) is 71.4 Å². The molecule has 1 aromatic heterocycles. The van der Waals surface area contributed by atoms with E-state index >= 15 is 0 Å². The Kier molecular flexibility index (Phi) is 6.04. The molecular formula is C23H21ClFN3O3. The van der Waals surface area contributed by atoms with Crippen molar-refractivity contribution in [1.82, 2.24) is 9.47 Å². The smallest absolute Gasteiger partial charge is 0.254 e. The molecule has 0 bridgehead atoms. The summed E-state index contributed by atoms with van der Waals surface area (Å²) in [5.74, 6) is -1.41. The number of rotatable bonds is 4. The summed E-state index contributed by atoms with van der Waals surface area (Å²) >= 11 is 5.74. The highest BCUT2D eigenvalue weighted by Gasteiger charge is 2.22. The van der Waals surface area contributed by atoms with Crippen molar-refractivity contribution in [2.45, 2.75) is 25.8 Å². The fourth-order valence-electron chi connectivity index (χ4n) is 3.87. The predicted octanol–water partition coefficient (Wildman–Crippen LogP) is 4.06. The van der Waals surface area contributed by atoms with Crippen LogP contribution in [0.3, 0.4) is 0 Å². The number of amides is 2. The third kappa shape index (κ3) is 4.46. The van der Waals surface area contributed by atoms with Crippen LogP contribution in [-0.4, -0.2) is 34.4 Å². The van der Waals surface area contributed by atoms with E-state index in [4.69, 9.17) is 11.6 Å². The maximum atomic E-state index is 14.0. The number of anilines is 1. The van der Waals surface area contributed by atoms with Gasteiger partial charge < -0.3 is 10.2 Å². The van der Waals surface area contributed by atoms with Crippen LogP contribution in [0.25, 0.3) is 10.9 Å². The first-order valence-electron chi connectivity index (χ1n) is 10.1. The standard InChI is InChI=1S/C23H21ClFN3O3/c24-15-8-9-19(18(25)12-15)26-21(29)14-28-20-7-3-2-6-16(20)17(13-22(28)30)23(31)27-10-4-1-5-11-27/h2-3,6-9,12-13H,1,4-5,10-11,14H2,(H,26,29). The van der Waals surface area contributed by atoms with Crippen LogP contribution >= 0.6 is 11.6 Å². The Morgan fingerprint density at radius 1 is 1.03 bits per heavy atom. The summed E-state index contributed by atoms with van der Waals surface area (Å²) in [6, 6.07) is 12.2. The number of likely N-dealkylation sites (tertiary alicyclic amines) is 1. The second-order valence-corrected chi connectivity index (χ2v) is 7.96. The Labute approximate surface area is 183 Å². The average Bonchev–Trinajstić information content (AvgIpc) is 2.77. The Morgan fingerprint density at radius 3 is 2.52 bits per heavy atom. The summed E-state index contributed by atoms with van der Waals surface area (Å²) in [4.78, 5) is 40.2. The second-order valence-electron chi connectivity index (χ2n) is 7.52. The molecule has 2 heterocycles. The van der Waals surface area contributed by atoms with Crippen molar-refractivity contribution in [3.63, 3.8) is 0 Å². The molecule has 3 aromatic rings. The number of fused-ring (bicyclic) bond motifs is 1. The van der Waals surface area contributed by atoms with Gasteiger partial charge >= 0.3 is 0 Å². The minimum absolute atomic E-state index is 0.0244. The first kappa shape index (κ1) is 21.1. The van der Waals surface area contributed by atoms with Gasteiger partial charge in [-0.25, -0.2) is 4.39 Å². The highest BCUT2D eigenvalue weighted by molar-refractivity contribution is 6.30. The van der Waals surface area contributed by atoms with Gasteiger partial charge in [0.1, 0.15) is 12.4 Å². The summed E-state index contributed by atoms with van der Waals surface area (Å²) in [6.07, 6.45) is 2.99. The number of para-hydroxylation sites is 1. The van der Waals surface area contributed by atoms with Crippen molar-refractivity contribution in [2.24, 2.45) is 0 Å². The van der Waals surface area contributed by atoms with Gasteiger partial charge in [-0.2, -0.15) is 0 Å². The number of carbonyl (C=O) groups is 2. The zero-order chi connectivity index (χ0) is 22.0. The molecular weight excluding hydrogens is 421 g/mol.